The van der Waals surface area contributed by atoms with Crippen LogP contribution in [0.5, 0.6) is 0 Å². The second-order valence-corrected chi connectivity index (χ2v) is 5.14. The molecule has 0 amide bonds. The van der Waals surface area contributed by atoms with Crippen LogP contribution in [0.15, 0.2) is 54.9 Å². The molecule has 0 aliphatic carbocycles. The fraction of sp³-hybridized carbons (Fsp3) is 0.235. The third-order valence-corrected chi connectivity index (χ3v) is 3.61. The van der Waals surface area contributed by atoms with Gasteiger partial charge in [-0.2, -0.15) is 0 Å². The molecular weight excluding hydrogens is 274 g/mol. The molecule has 3 aromatic rings. The van der Waals surface area contributed by atoms with Crippen LogP contribution in [-0.2, 0) is 19.5 Å². The molecule has 5 heteroatoms. The van der Waals surface area contributed by atoms with E-state index in [0.29, 0.717) is 6.54 Å². The van der Waals surface area contributed by atoms with Crippen LogP contribution in [0.3, 0.4) is 0 Å². The smallest absolute Gasteiger partial charge is 0.104 e. The Morgan fingerprint density at radius 3 is 2.64 bits per heavy atom. The van der Waals surface area contributed by atoms with E-state index in [4.69, 9.17) is 5.73 Å². The summed E-state index contributed by atoms with van der Waals surface area (Å²) in [5, 5.41) is 8.45. The van der Waals surface area contributed by atoms with Crippen molar-refractivity contribution >= 4 is 0 Å². The number of benzene rings is 1. The molecular formula is C17H19N5. The van der Waals surface area contributed by atoms with E-state index in [1.165, 1.54) is 5.56 Å². The van der Waals surface area contributed by atoms with E-state index in [0.717, 1.165) is 36.3 Å². The predicted molar refractivity (Wildman–Crippen MR) is 85.9 cm³/mol. The average Bonchev–Trinajstić information content (AvgIpc) is 2.99. The minimum absolute atomic E-state index is 0.378. The lowest BCUT2D eigenvalue weighted by atomic mass is 10.1. The Morgan fingerprint density at radius 2 is 1.91 bits per heavy atom. The van der Waals surface area contributed by atoms with Crippen LogP contribution in [0.4, 0.5) is 0 Å². The van der Waals surface area contributed by atoms with Crippen molar-refractivity contribution in [3.8, 4) is 11.3 Å². The van der Waals surface area contributed by atoms with Gasteiger partial charge >= 0.3 is 0 Å². The zero-order valence-corrected chi connectivity index (χ0v) is 12.4. The molecule has 5 nitrogen and oxygen atoms in total. The van der Waals surface area contributed by atoms with Crippen molar-refractivity contribution in [3.05, 3.63) is 66.1 Å². The summed E-state index contributed by atoms with van der Waals surface area (Å²) in [6, 6.07) is 14.4. The van der Waals surface area contributed by atoms with Gasteiger partial charge in [-0.1, -0.05) is 35.5 Å². The molecule has 0 aliphatic heterocycles. The Balaban J connectivity index is 1.75. The van der Waals surface area contributed by atoms with Gasteiger partial charge in [0, 0.05) is 31.0 Å². The van der Waals surface area contributed by atoms with Gasteiger partial charge in [-0.05, 0) is 30.5 Å². The van der Waals surface area contributed by atoms with Crippen molar-refractivity contribution in [2.75, 3.05) is 0 Å². The molecule has 0 aliphatic rings. The van der Waals surface area contributed by atoms with Crippen LogP contribution < -0.4 is 5.73 Å². The summed E-state index contributed by atoms with van der Waals surface area (Å²) in [6.07, 6.45) is 5.61. The summed E-state index contributed by atoms with van der Waals surface area (Å²) in [5.41, 5.74) is 9.92. The maximum absolute atomic E-state index is 5.78. The van der Waals surface area contributed by atoms with Gasteiger partial charge in [-0.3, -0.25) is 4.98 Å². The van der Waals surface area contributed by atoms with E-state index in [2.05, 4.69) is 39.6 Å². The highest BCUT2D eigenvalue weighted by atomic mass is 15.4. The third-order valence-electron chi connectivity index (χ3n) is 3.61. The molecule has 22 heavy (non-hydrogen) atoms. The first-order valence-electron chi connectivity index (χ1n) is 7.45. The lowest BCUT2D eigenvalue weighted by Crippen LogP contribution is -2.06. The lowest BCUT2D eigenvalue weighted by molar-refractivity contribution is 0.563. The molecule has 0 bridgehead atoms. The van der Waals surface area contributed by atoms with Crippen molar-refractivity contribution < 1.29 is 0 Å². The molecule has 3 rings (SSSR count). The number of hydrogen-bond donors (Lipinski definition) is 1. The second-order valence-electron chi connectivity index (χ2n) is 5.14. The molecule has 0 saturated heterocycles. The summed E-state index contributed by atoms with van der Waals surface area (Å²) in [6.45, 7) is 1.19. The highest BCUT2D eigenvalue weighted by Crippen LogP contribution is 2.21. The largest absolute Gasteiger partial charge is 0.325 e. The van der Waals surface area contributed by atoms with Crippen LogP contribution in [-0.4, -0.2) is 20.0 Å². The number of aromatic nitrogens is 4. The number of nitrogens with two attached hydrogens (primary N) is 1. The van der Waals surface area contributed by atoms with E-state index in [9.17, 15) is 0 Å². The van der Waals surface area contributed by atoms with Gasteiger partial charge in [-0.25, -0.2) is 4.68 Å². The van der Waals surface area contributed by atoms with E-state index >= 15 is 0 Å². The van der Waals surface area contributed by atoms with Crippen molar-refractivity contribution in [2.45, 2.75) is 25.9 Å². The van der Waals surface area contributed by atoms with Gasteiger partial charge in [0.15, 0.2) is 0 Å². The molecule has 0 spiro atoms. The summed E-state index contributed by atoms with van der Waals surface area (Å²) in [4.78, 5) is 4.18. The SMILES string of the molecule is NCc1nnn(CCCc2ccccc2)c1-c1cccnc1. The van der Waals surface area contributed by atoms with E-state index < -0.39 is 0 Å². The lowest BCUT2D eigenvalue weighted by Gasteiger charge is -2.07. The molecule has 2 aromatic heterocycles. The first-order valence-corrected chi connectivity index (χ1v) is 7.45. The fourth-order valence-corrected chi connectivity index (χ4v) is 2.54. The Bertz CT molecular complexity index is 706. The Kier molecular flexibility index (Phi) is 4.56. The minimum atomic E-state index is 0.378. The van der Waals surface area contributed by atoms with Gasteiger partial charge in [0.25, 0.3) is 0 Å². The zero-order chi connectivity index (χ0) is 15.2. The normalized spacial score (nSPS) is 10.8. The molecule has 0 fully saturated rings. The highest BCUT2D eigenvalue weighted by Gasteiger charge is 2.13. The maximum Gasteiger partial charge on any atom is 0.104 e. The highest BCUT2D eigenvalue weighted by molar-refractivity contribution is 5.60. The van der Waals surface area contributed by atoms with E-state index in [-0.39, 0.29) is 0 Å². The van der Waals surface area contributed by atoms with Crippen molar-refractivity contribution in [1.82, 2.24) is 20.0 Å². The van der Waals surface area contributed by atoms with Crippen LogP contribution in [0.1, 0.15) is 17.7 Å². The van der Waals surface area contributed by atoms with E-state index in [1.807, 2.05) is 29.1 Å². The van der Waals surface area contributed by atoms with Gasteiger partial charge in [-0.15, -0.1) is 5.10 Å². The van der Waals surface area contributed by atoms with Gasteiger partial charge in [0.2, 0.25) is 0 Å². The van der Waals surface area contributed by atoms with Gasteiger partial charge in [0.05, 0.1) is 5.69 Å². The van der Waals surface area contributed by atoms with Crippen LogP contribution in [0.25, 0.3) is 11.3 Å². The van der Waals surface area contributed by atoms with Crippen molar-refractivity contribution in [3.63, 3.8) is 0 Å². The molecule has 0 radical (unpaired) electrons. The second kappa shape index (κ2) is 6.95. The van der Waals surface area contributed by atoms with Crippen molar-refractivity contribution in [1.29, 1.82) is 0 Å². The third kappa shape index (κ3) is 3.20. The molecule has 112 valence electrons. The molecule has 2 heterocycles. The predicted octanol–water partition coefficient (Wildman–Crippen LogP) is 2.43. The monoisotopic (exact) mass is 293 g/mol. The molecule has 0 saturated carbocycles. The molecule has 0 atom stereocenters. The standard InChI is InChI=1S/C17H19N5/c18-12-16-17(15-9-4-10-19-13-15)22(21-20-16)11-5-8-14-6-2-1-3-7-14/h1-4,6-7,9-10,13H,5,8,11-12,18H2. The zero-order valence-electron chi connectivity index (χ0n) is 12.4. The molecule has 2 N–H and O–H groups in total. The number of rotatable bonds is 6. The maximum atomic E-state index is 5.78. The van der Waals surface area contributed by atoms with Crippen LogP contribution >= 0.6 is 0 Å². The quantitative estimate of drug-likeness (QED) is 0.758. The fourth-order valence-electron chi connectivity index (χ4n) is 2.54. The summed E-state index contributed by atoms with van der Waals surface area (Å²) in [7, 11) is 0. The van der Waals surface area contributed by atoms with E-state index in [1.54, 1.807) is 6.20 Å². The van der Waals surface area contributed by atoms with Gasteiger partial charge in [0.1, 0.15) is 5.69 Å². The average molecular weight is 293 g/mol. The molecule has 0 unspecified atom stereocenters. The van der Waals surface area contributed by atoms with Gasteiger partial charge < -0.3 is 5.73 Å². The summed E-state index contributed by atoms with van der Waals surface area (Å²) >= 11 is 0. The topological polar surface area (TPSA) is 69.6 Å². The molecule has 1 aromatic carbocycles. The number of hydrogen-bond acceptors (Lipinski definition) is 4. The number of aryl methyl sites for hydroxylation is 2. The Hall–Kier alpha value is -2.53. The Morgan fingerprint density at radius 1 is 1.05 bits per heavy atom. The Labute approximate surface area is 129 Å². The van der Waals surface area contributed by atoms with Crippen LogP contribution in [0, 0.1) is 0 Å². The summed E-state index contributed by atoms with van der Waals surface area (Å²) < 4.78 is 1.93. The summed E-state index contributed by atoms with van der Waals surface area (Å²) in [5.74, 6) is 0. The van der Waals surface area contributed by atoms with Crippen molar-refractivity contribution in [2.24, 2.45) is 5.73 Å². The first kappa shape index (κ1) is 14.4. The minimum Gasteiger partial charge on any atom is -0.325 e. The number of pyridine rings is 1. The number of nitrogens with zero attached hydrogens (tertiary/aromatic N) is 4. The first-order chi connectivity index (χ1) is 10.9. The van der Waals surface area contributed by atoms with Crippen LogP contribution in [0.2, 0.25) is 0 Å².